The number of piperidine rings is 1. The lowest BCUT2D eigenvalue weighted by Gasteiger charge is -2.26. The molecule has 4 heteroatoms. The molecule has 2 aromatic rings. The topological polar surface area (TPSA) is 55.0 Å². The fourth-order valence-electron chi connectivity index (χ4n) is 2.71. The minimum atomic E-state index is 0.565. The second-order valence-corrected chi connectivity index (χ2v) is 5.33. The van der Waals surface area contributed by atoms with E-state index < -0.39 is 0 Å². The molecule has 3 rings (SSSR count). The number of aryl methyl sites for hydroxylation is 1. The predicted octanol–water partition coefficient (Wildman–Crippen LogP) is 3.02. The Hall–Kier alpha value is -2.10. The van der Waals surface area contributed by atoms with Crippen molar-refractivity contribution in [3.63, 3.8) is 0 Å². The van der Waals surface area contributed by atoms with Crippen molar-refractivity contribution in [2.45, 2.75) is 26.2 Å². The Morgan fingerprint density at radius 1 is 1.05 bits per heavy atom. The van der Waals surface area contributed by atoms with E-state index in [0.717, 1.165) is 30.2 Å². The fraction of sp³-hybridized carbons (Fsp3) is 0.375. The quantitative estimate of drug-likeness (QED) is 0.909. The maximum atomic E-state index is 6.15. The maximum Gasteiger partial charge on any atom is 0.227 e. The minimum Gasteiger partial charge on any atom is -0.383 e. The molecular formula is C16H20N4. The summed E-state index contributed by atoms with van der Waals surface area (Å²) in [7, 11) is 0. The third-order valence-electron chi connectivity index (χ3n) is 3.88. The Morgan fingerprint density at radius 3 is 2.50 bits per heavy atom. The van der Waals surface area contributed by atoms with Crippen LogP contribution in [0.5, 0.6) is 0 Å². The molecule has 0 unspecified atom stereocenters. The van der Waals surface area contributed by atoms with Crippen molar-refractivity contribution >= 4 is 11.8 Å². The monoisotopic (exact) mass is 268 g/mol. The van der Waals surface area contributed by atoms with Crippen LogP contribution in [0.4, 0.5) is 11.8 Å². The molecule has 20 heavy (non-hydrogen) atoms. The van der Waals surface area contributed by atoms with Crippen LogP contribution in [0.1, 0.15) is 24.8 Å². The summed E-state index contributed by atoms with van der Waals surface area (Å²) in [6, 6.07) is 8.18. The molecule has 0 saturated carbocycles. The summed E-state index contributed by atoms with van der Waals surface area (Å²) in [5.74, 6) is 1.33. The van der Waals surface area contributed by atoms with E-state index in [1.165, 1.54) is 24.8 Å². The van der Waals surface area contributed by atoms with Crippen LogP contribution >= 0.6 is 0 Å². The standard InChI is InChI=1S/C16H20N4/c1-12-7-3-4-8-13(12)14-11-18-16(19-15(14)17)20-9-5-2-6-10-20/h3-4,7-8,11H,2,5-6,9-10H2,1H3,(H2,17,18,19). The van der Waals surface area contributed by atoms with Gasteiger partial charge in [0, 0.05) is 24.8 Å². The molecule has 0 bridgehead atoms. The van der Waals surface area contributed by atoms with Crippen LogP contribution in [0, 0.1) is 6.92 Å². The molecule has 1 aromatic heterocycles. The van der Waals surface area contributed by atoms with Crippen LogP contribution in [-0.4, -0.2) is 23.1 Å². The number of rotatable bonds is 2. The first-order chi connectivity index (χ1) is 9.75. The van der Waals surface area contributed by atoms with Crippen LogP contribution in [0.2, 0.25) is 0 Å². The molecule has 0 amide bonds. The minimum absolute atomic E-state index is 0.565. The summed E-state index contributed by atoms with van der Waals surface area (Å²) in [6.45, 7) is 4.14. The van der Waals surface area contributed by atoms with Gasteiger partial charge in [0.2, 0.25) is 5.95 Å². The van der Waals surface area contributed by atoms with Gasteiger partial charge in [-0.3, -0.25) is 0 Å². The smallest absolute Gasteiger partial charge is 0.227 e. The second kappa shape index (κ2) is 5.49. The summed E-state index contributed by atoms with van der Waals surface area (Å²) in [5.41, 5.74) is 9.37. The van der Waals surface area contributed by atoms with Crippen molar-refractivity contribution in [1.82, 2.24) is 9.97 Å². The van der Waals surface area contributed by atoms with Gasteiger partial charge in [0.05, 0.1) is 0 Å². The van der Waals surface area contributed by atoms with Crippen molar-refractivity contribution in [2.75, 3.05) is 23.7 Å². The molecule has 0 atom stereocenters. The Labute approximate surface area is 119 Å². The third kappa shape index (κ3) is 2.46. The van der Waals surface area contributed by atoms with Gasteiger partial charge < -0.3 is 10.6 Å². The van der Waals surface area contributed by atoms with Gasteiger partial charge in [-0.15, -0.1) is 0 Å². The number of nitrogens with zero attached hydrogens (tertiary/aromatic N) is 3. The van der Waals surface area contributed by atoms with E-state index >= 15 is 0 Å². The highest BCUT2D eigenvalue weighted by Gasteiger charge is 2.15. The van der Waals surface area contributed by atoms with Crippen molar-refractivity contribution in [2.24, 2.45) is 0 Å². The first kappa shape index (κ1) is 12.9. The summed E-state index contributed by atoms with van der Waals surface area (Å²) in [6.07, 6.45) is 5.58. The molecule has 2 heterocycles. The van der Waals surface area contributed by atoms with E-state index in [2.05, 4.69) is 33.9 Å². The lowest BCUT2D eigenvalue weighted by Crippen LogP contribution is -2.31. The van der Waals surface area contributed by atoms with Crippen LogP contribution in [0.3, 0.4) is 0 Å². The van der Waals surface area contributed by atoms with E-state index in [1.807, 2.05) is 18.3 Å². The Morgan fingerprint density at radius 2 is 1.80 bits per heavy atom. The number of benzene rings is 1. The van der Waals surface area contributed by atoms with E-state index in [0.29, 0.717) is 5.82 Å². The van der Waals surface area contributed by atoms with Crippen molar-refractivity contribution in [1.29, 1.82) is 0 Å². The molecule has 104 valence electrons. The van der Waals surface area contributed by atoms with Crippen LogP contribution in [-0.2, 0) is 0 Å². The normalized spacial score (nSPS) is 15.3. The van der Waals surface area contributed by atoms with Crippen molar-refractivity contribution in [3.8, 4) is 11.1 Å². The van der Waals surface area contributed by atoms with Gasteiger partial charge in [-0.05, 0) is 37.3 Å². The number of hydrogen-bond donors (Lipinski definition) is 1. The molecule has 0 radical (unpaired) electrons. The molecule has 1 fully saturated rings. The van der Waals surface area contributed by atoms with Crippen LogP contribution in [0.15, 0.2) is 30.5 Å². The van der Waals surface area contributed by atoms with Crippen molar-refractivity contribution < 1.29 is 0 Å². The number of aromatic nitrogens is 2. The molecule has 0 spiro atoms. The highest BCUT2D eigenvalue weighted by Crippen LogP contribution is 2.28. The van der Waals surface area contributed by atoms with Gasteiger partial charge in [-0.1, -0.05) is 24.3 Å². The molecule has 2 N–H and O–H groups in total. The third-order valence-corrected chi connectivity index (χ3v) is 3.88. The zero-order valence-corrected chi connectivity index (χ0v) is 11.8. The zero-order chi connectivity index (χ0) is 13.9. The molecule has 4 nitrogen and oxygen atoms in total. The molecule has 1 aromatic carbocycles. The van der Waals surface area contributed by atoms with Crippen LogP contribution < -0.4 is 10.6 Å². The number of nitrogens with two attached hydrogens (primary N) is 1. The lowest BCUT2D eigenvalue weighted by atomic mass is 10.0. The van der Waals surface area contributed by atoms with E-state index in [9.17, 15) is 0 Å². The van der Waals surface area contributed by atoms with E-state index in [-0.39, 0.29) is 0 Å². The molecular weight excluding hydrogens is 248 g/mol. The van der Waals surface area contributed by atoms with E-state index in [1.54, 1.807) is 0 Å². The maximum absolute atomic E-state index is 6.15. The van der Waals surface area contributed by atoms with Gasteiger partial charge >= 0.3 is 0 Å². The highest BCUT2D eigenvalue weighted by atomic mass is 15.3. The number of anilines is 2. The number of nitrogen functional groups attached to an aromatic ring is 1. The van der Waals surface area contributed by atoms with Gasteiger partial charge in [-0.25, -0.2) is 4.98 Å². The first-order valence-corrected chi connectivity index (χ1v) is 7.19. The number of hydrogen-bond acceptors (Lipinski definition) is 4. The van der Waals surface area contributed by atoms with Crippen LogP contribution in [0.25, 0.3) is 11.1 Å². The Kier molecular flexibility index (Phi) is 3.54. The molecule has 1 saturated heterocycles. The average molecular weight is 268 g/mol. The van der Waals surface area contributed by atoms with E-state index in [4.69, 9.17) is 5.73 Å². The predicted molar refractivity (Wildman–Crippen MR) is 82.7 cm³/mol. The van der Waals surface area contributed by atoms with Crippen molar-refractivity contribution in [3.05, 3.63) is 36.0 Å². The second-order valence-electron chi connectivity index (χ2n) is 5.33. The Bertz CT molecular complexity index is 603. The molecule has 1 aliphatic rings. The molecule has 0 aliphatic carbocycles. The van der Waals surface area contributed by atoms with Gasteiger partial charge in [0.15, 0.2) is 0 Å². The first-order valence-electron chi connectivity index (χ1n) is 7.19. The SMILES string of the molecule is Cc1ccccc1-c1cnc(N2CCCCC2)nc1N. The average Bonchev–Trinajstić information content (AvgIpc) is 2.49. The highest BCUT2D eigenvalue weighted by molar-refractivity contribution is 5.76. The largest absolute Gasteiger partial charge is 0.383 e. The van der Waals surface area contributed by atoms with Gasteiger partial charge in [-0.2, -0.15) is 4.98 Å². The Balaban J connectivity index is 1.93. The summed E-state index contributed by atoms with van der Waals surface area (Å²) in [5, 5.41) is 0. The fourth-order valence-corrected chi connectivity index (χ4v) is 2.71. The zero-order valence-electron chi connectivity index (χ0n) is 11.8. The molecule has 1 aliphatic heterocycles. The van der Waals surface area contributed by atoms with Gasteiger partial charge in [0.1, 0.15) is 5.82 Å². The van der Waals surface area contributed by atoms with Gasteiger partial charge in [0.25, 0.3) is 0 Å². The lowest BCUT2D eigenvalue weighted by molar-refractivity contribution is 0.568. The summed E-state index contributed by atoms with van der Waals surface area (Å²) in [4.78, 5) is 11.2. The summed E-state index contributed by atoms with van der Waals surface area (Å²) >= 11 is 0. The summed E-state index contributed by atoms with van der Waals surface area (Å²) < 4.78 is 0.